The first-order valence-electron chi connectivity index (χ1n) is 13.1. The summed E-state index contributed by atoms with van der Waals surface area (Å²) < 4.78 is 23.2. The molecule has 206 valence electrons. The van der Waals surface area contributed by atoms with Crippen molar-refractivity contribution in [3.63, 3.8) is 0 Å². The Balaban J connectivity index is 1.66. The zero-order valence-corrected chi connectivity index (χ0v) is 23.5. The average molecular weight is 518 g/mol. The lowest BCUT2D eigenvalue weighted by Gasteiger charge is -2.32. The molecule has 3 atom stereocenters. The molecule has 1 aromatic rings. The third-order valence-electron chi connectivity index (χ3n) is 7.77. The molecule has 3 rings (SSSR count). The highest BCUT2D eigenvalue weighted by atomic mass is 16.7. The number of aliphatic hydroxyl groups excluding tert-OH is 1. The number of ether oxygens (including phenoxy) is 2. The van der Waals surface area contributed by atoms with Crippen LogP contribution in [0.25, 0.3) is 0 Å². The number of benzene rings is 1. The molecule has 0 saturated carbocycles. The van der Waals surface area contributed by atoms with Gasteiger partial charge in [0.25, 0.3) is 0 Å². The van der Waals surface area contributed by atoms with Crippen molar-refractivity contribution in [1.82, 2.24) is 10.6 Å². The van der Waals surface area contributed by atoms with E-state index in [2.05, 4.69) is 24.5 Å². The first-order valence-corrected chi connectivity index (χ1v) is 13.1. The van der Waals surface area contributed by atoms with Crippen LogP contribution in [0.2, 0.25) is 0 Å². The molecule has 37 heavy (non-hydrogen) atoms. The van der Waals surface area contributed by atoms with E-state index in [9.17, 15) is 14.7 Å². The zero-order chi connectivity index (χ0) is 27.5. The normalized spacial score (nSPS) is 21.7. The minimum Gasteiger partial charge on any atom is -0.493 e. The molecule has 1 heterocycles. The molecule has 2 aliphatic rings. The summed E-state index contributed by atoms with van der Waals surface area (Å²) >= 11 is 0. The Morgan fingerprint density at radius 2 is 1.62 bits per heavy atom. The van der Waals surface area contributed by atoms with Gasteiger partial charge >= 0.3 is 7.12 Å². The van der Waals surface area contributed by atoms with E-state index < -0.39 is 42.8 Å². The van der Waals surface area contributed by atoms with E-state index in [1.165, 1.54) is 0 Å². The number of amides is 2. The fourth-order valence-corrected chi connectivity index (χ4v) is 4.87. The molecule has 1 unspecified atom stereocenters. The number of hydrogen-bond acceptors (Lipinski definition) is 7. The van der Waals surface area contributed by atoms with Crippen LogP contribution in [0.3, 0.4) is 0 Å². The highest BCUT2D eigenvalue weighted by molar-refractivity contribution is 6.48. The lowest BCUT2D eigenvalue weighted by molar-refractivity contribution is -0.132. The van der Waals surface area contributed by atoms with Gasteiger partial charge in [-0.15, -0.1) is 0 Å². The van der Waals surface area contributed by atoms with Crippen LogP contribution in [0, 0.1) is 11.8 Å². The molecule has 0 bridgehead atoms. The molecular weight excluding hydrogens is 475 g/mol. The lowest BCUT2D eigenvalue weighted by atomic mass is 9.74. The summed E-state index contributed by atoms with van der Waals surface area (Å²) in [7, 11) is 2.55. The third-order valence-corrected chi connectivity index (χ3v) is 7.77. The predicted octanol–water partition coefficient (Wildman–Crippen LogP) is 2.45. The Morgan fingerprint density at radius 3 is 2.14 bits per heavy atom. The van der Waals surface area contributed by atoms with Crippen molar-refractivity contribution in [2.24, 2.45) is 11.8 Å². The van der Waals surface area contributed by atoms with Crippen molar-refractivity contribution in [2.45, 2.75) is 90.4 Å². The second kappa shape index (κ2) is 11.6. The monoisotopic (exact) mass is 518 g/mol. The van der Waals surface area contributed by atoms with Gasteiger partial charge in [0.2, 0.25) is 11.8 Å². The van der Waals surface area contributed by atoms with E-state index in [0.29, 0.717) is 37.2 Å². The van der Waals surface area contributed by atoms with Crippen molar-refractivity contribution in [3.05, 3.63) is 23.3 Å². The van der Waals surface area contributed by atoms with E-state index in [-0.39, 0.29) is 17.7 Å². The van der Waals surface area contributed by atoms with Gasteiger partial charge in [-0.1, -0.05) is 13.8 Å². The predicted molar refractivity (Wildman–Crippen MR) is 142 cm³/mol. The molecule has 9 nitrogen and oxygen atoms in total. The van der Waals surface area contributed by atoms with Gasteiger partial charge in [-0.05, 0) is 82.6 Å². The number of rotatable bonds is 10. The van der Waals surface area contributed by atoms with Crippen molar-refractivity contribution >= 4 is 18.9 Å². The van der Waals surface area contributed by atoms with Gasteiger partial charge in [-0.25, -0.2) is 0 Å². The van der Waals surface area contributed by atoms with Crippen LogP contribution < -0.4 is 20.1 Å². The number of carbonyl (C=O) groups is 2. The van der Waals surface area contributed by atoms with Gasteiger partial charge in [-0.2, -0.15) is 0 Å². The van der Waals surface area contributed by atoms with Gasteiger partial charge in [0.05, 0.1) is 38.0 Å². The number of fused-ring (bicyclic) bond motifs is 1. The van der Waals surface area contributed by atoms with Gasteiger partial charge in [0.15, 0.2) is 11.5 Å². The average Bonchev–Trinajstić information content (AvgIpc) is 3.06. The molecule has 1 aliphatic heterocycles. The van der Waals surface area contributed by atoms with Crippen LogP contribution >= 0.6 is 0 Å². The molecule has 1 fully saturated rings. The molecule has 2 amide bonds. The SMILES string of the molecule is COc1cc2c(cc1OC)CC(C(=O)N[C@@H](CO)C(=O)N[C@@H](CC(C)C)B1OC(C)(C)C(C)(C)O1)CC2. The number of nitrogens with one attached hydrogen (secondary N) is 2. The van der Waals surface area contributed by atoms with Crippen molar-refractivity contribution in [3.8, 4) is 11.5 Å². The number of carbonyl (C=O) groups excluding carboxylic acids is 2. The molecule has 1 aliphatic carbocycles. The standard InChI is InChI=1S/C27H43BN2O7/c1-16(2)11-23(28-36-26(3,4)27(5,6)37-28)30-25(33)20(15-31)29-24(32)18-10-9-17-13-21(34-7)22(35-8)14-19(17)12-18/h13-14,16,18,20,23,31H,9-12,15H2,1-8H3,(H,29,32)(H,30,33)/t18?,20-,23-/m0/s1. The summed E-state index contributed by atoms with van der Waals surface area (Å²) in [6.07, 6.45) is 2.49. The largest absolute Gasteiger partial charge is 0.493 e. The van der Waals surface area contributed by atoms with E-state index in [1.807, 2.05) is 39.8 Å². The molecule has 10 heteroatoms. The summed E-state index contributed by atoms with van der Waals surface area (Å²) in [5.74, 6) is 0.0902. The van der Waals surface area contributed by atoms with Crippen LogP contribution in [-0.4, -0.2) is 68.1 Å². The fourth-order valence-electron chi connectivity index (χ4n) is 4.87. The number of aryl methyl sites for hydroxylation is 1. The van der Waals surface area contributed by atoms with Crippen LogP contribution in [-0.2, 0) is 31.7 Å². The Bertz CT molecular complexity index is 966. The number of hydrogen-bond donors (Lipinski definition) is 3. The van der Waals surface area contributed by atoms with Gasteiger partial charge in [0.1, 0.15) is 6.04 Å². The quantitative estimate of drug-likeness (QED) is 0.408. The van der Waals surface area contributed by atoms with Gasteiger partial charge < -0.3 is 34.5 Å². The molecule has 0 aromatic heterocycles. The van der Waals surface area contributed by atoms with Crippen molar-refractivity contribution < 1.29 is 33.5 Å². The van der Waals surface area contributed by atoms with Crippen LogP contribution in [0.4, 0.5) is 0 Å². The van der Waals surface area contributed by atoms with Crippen molar-refractivity contribution in [1.29, 1.82) is 0 Å². The fraction of sp³-hybridized carbons (Fsp3) is 0.704. The maximum absolute atomic E-state index is 13.2. The highest BCUT2D eigenvalue weighted by Crippen LogP contribution is 2.38. The summed E-state index contributed by atoms with van der Waals surface area (Å²) in [5.41, 5.74) is 1.07. The summed E-state index contributed by atoms with van der Waals surface area (Å²) in [6.45, 7) is 11.5. The summed E-state index contributed by atoms with van der Waals surface area (Å²) in [5, 5.41) is 15.7. The third kappa shape index (κ3) is 6.59. The van der Waals surface area contributed by atoms with Crippen LogP contribution in [0.5, 0.6) is 11.5 Å². The van der Waals surface area contributed by atoms with E-state index in [4.69, 9.17) is 18.8 Å². The summed E-state index contributed by atoms with van der Waals surface area (Å²) in [6, 6.07) is 2.79. The molecule has 0 spiro atoms. The van der Waals surface area contributed by atoms with Gasteiger partial charge in [0, 0.05) is 5.92 Å². The second-order valence-corrected chi connectivity index (χ2v) is 11.5. The second-order valence-electron chi connectivity index (χ2n) is 11.5. The maximum atomic E-state index is 13.2. The van der Waals surface area contributed by atoms with E-state index >= 15 is 0 Å². The Labute approximate surface area is 221 Å². The first kappa shape index (κ1) is 29.3. The van der Waals surface area contributed by atoms with E-state index in [0.717, 1.165) is 11.1 Å². The number of methoxy groups -OCH3 is 2. The zero-order valence-electron chi connectivity index (χ0n) is 23.5. The summed E-state index contributed by atoms with van der Waals surface area (Å²) in [4.78, 5) is 26.3. The Morgan fingerprint density at radius 1 is 1.05 bits per heavy atom. The lowest BCUT2D eigenvalue weighted by Crippen LogP contribution is -2.56. The topological polar surface area (TPSA) is 115 Å². The van der Waals surface area contributed by atoms with E-state index in [1.54, 1.807) is 14.2 Å². The minimum atomic E-state index is -1.07. The molecule has 1 saturated heterocycles. The van der Waals surface area contributed by atoms with Crippen LogP contribution in [0.15, 0.2) is 12.1 Å². The van der Waals surface area contributed by atoms with Crippen LogP contribution in [0.1, 0.15) is 65.5 Å². The first-order chi connectivity index (χ1) is 17.3. The smallest absolute Gasteiger partial charge is 0.481 e. The molecular formula is C27H43BN2O7. The Kier molecular flexibility index (Phi) is 9.19. The molecule has 1 aromatic carbocycles. The van der Waals surface area contributed by atoms with Gasteiger partial charge in [-0.3, -0.25) is 9.59 Å². The van der Waals surface area contributed by atoms with Crippen molar-refractivity contribution in [2.75, 3.05) is 20.8 Å². The highest BCUT2D eigenvalue weighted by Gasteiger charge is 2.54. The minimum absolute atomic E-state index is 0.259. The number of aliphatic hydroxyl groups is 1. The maximum Gasteiger partial charge on any atom is 0.481 e. The molecule has 0 radical (unpaired) electrons. The Hall–Kier alpha value is -2.30. The molecule has 3 N–H and O–H groups in total.